The van der Waals surface area contributed by atoms with Crippen molar-refractivity contribution in [3.63, 3.8) is 0 Å². The molecular weight excluding hydrogens is 704 g/mol. The van der Waals surface area contributed by atoms with E-state index in [-0.39, 0.29) is 6.61 Å². The second-order valence-corrected chi connectivity index (χ2v) is 11.0. The number of ether oxygens (including phenoxy) is 11. The largest absolute Gasteiger partial charge is 0.463 e. The second kappa shape index (κ2) is 18.2. The van der Waals surface area contributed by atoms with Crippen LogP contribution in [0, 0.1) is 0 Å². The topological polar surface area (TPSA) is 221 Å². The molecular formula is C28H39BrO18. The Morgan fingerprint density at radius 2 is 1.23 bits per heavy atom. The molecule has 2 rings (SSSR count). The summed E-state index contributed by atoms with van der Waals surface area (Å²) in [5, 5.41) is 0.307. The standard InChI is InChI=1S/C28H39BrO18/c1-13(30)38-10-20-23(37-9-8-29)24(42-16(4)33)25(43-17(5)34)27(45-20)47-28(46-19(7)36)22(12-39-14(2)31)40-11-21(41-15(3)32)26(28)44-18(6)35/h20-27H,8-12H2,1-7H3/t20-,21+,22-,23+,24+,25-,26-,27-,28+/m1/s1. The van der Waals surface area contributed by atoms with Crippen molar-refractivity contribution in [2.24, 2.45) is 0 Å². The molecule has 0 spiro atoms. The summed E-state index contributed by atoms with van der Waals surface area (Å²) in [5.41, 5.74) is 0. The first-order valence-electron chi connectivity index (χ1n) is 14.3. The highest BCUT2D eigenvalue weighted by molar-refractivity contribution is 9.09. The van der Waals surface area contributed by atoms with E-state index in [1.54, 1.807) is 0 Å². The average molecular weight is 744 g/mol. The molecule has 0 bridgehead atoms. The maximum Gasteiger partial charge on any atom is 0.305 e. The highest BCUT2D eigenvalue weighted by atomic mass is 79.9. The minimum Gasteiger partial charge on any atom is -0.463 e. The van der Waals surface area contributed by atoms with Gasteiger partial charge in [0, 0.05) is 53.8 Å². The Hall–Kier alpha value is -3.39. The van der Waals surface area contributed by atoms with Gasteiger partial charge >= 0.3 is 41.8 Å². The van der Waals surface area contributed by atoms with Crippen LogP contribution in [-0.2, 0) is 85.7 Å². The van der Waals surface area contributed by atoms with Gasteiger partial charge in [0.1, 0.15) is 25.4 Å². The van der Waals surface area contributed by atoms with Crippen LogP contribution in [0.3, 0.4) is 0 Å². The third-order valence-electron chi connectivity index (χ3n) is 6.33. The lowest BCUT2D eigenvalue weighted by Crippen LogP contribution is -2.72. The number of hydrogen-bond donors (Lipinski definition) is 0. The Balaban J connectivity index is 2.84. The highest BCUT2D eigenvalue weighted by Crippen LogP contribution is 2.40. The molecule has 0 aliphatic carbocycles. The monoisotopic (exact) mass is 742 g/mol. The van der Waals surface area contributed by atoms with Crippen molar-refractivity contribution < 1.29 is 85.7 Å². The summed E-state index contributed by atoms with van der Waals surface area (Å²) in [6, 6.07) is 0. The van der Waals surface area contributed by atoms with E-state index in [0.717, 1.165) is 48.5 Å². The molecule has 2 aliphatic heterocycles. The molecule has 9 atom stereocenters. The van der Waals surface area contributed by atoms with Crippen molar-refractivity contribution >= 4 is 57.7 Å². The molecule has 19 heteroatoms. The van der Waals surface area contributed by atoms with Gasteiger partial charge in [-0.05, 0) is 0 Å². The van der Waals surface area contributed by atoms with Crippen LogP contribution in [0.15, 0.2) is 0 Å². The van der Waals surface area contributed by atoms with Crippen molar-refractivity contribution in [2.75, 3.05) is 31.8 Å². The van der Waals surface area contributed by atoms with E-state index in [2.05, 4.69) is 15.9 Å². The maximum atomic E-state index is 12.7. The molecule has 0 unspecified atom stereocenters. The zero-order valence-corrected chi connectivity index (χ0v) is 28.5. The second-order valence-electron chi connectivity index (χ2n) is 10.3. The van der Waals surface area contributed by atoms with E-state index in [0.29, 0.717) is 5.33 Å². The summed E-state index contributed by atoms with van der Waals surface area (Å²) in [4.78, 5) is 85.4. The van der Waals surface area contributed by atoms with Crippen molar-refractivity contribution in [3.05, 3.63) is 0 Å². The Labute approximate surface area is 278 Å². The molecule has 2 aliphatic rings. The predicted molar refractivity (Wildman–Crippen MR) is 153 cm³/mol. The van der Waals surface area contributed by atoms with Crippen LogP contribution < -0.4 is 0 Å². The van der Waals surface area contributed by atoms with Gasteiger partial charge < -0.3 is 52.1 Å². The lowest BCUT2D eigenvalue weighted by Gasteiger charge is -2.52. The number of esters is 7. The van der Waals surface area contributed by atoms with Crippen LogP contribution in [0.2, 0.25) is 0 Å². The van der Waals surface area contributed by atoms with Crippen LogP contribution in [-0.4, -0.2) is 128 Å². The smallest absolute Gasteiger partial charge is 0.305 e. The molecule has 266 valence electrons. The lowest BCUT2D eigenvalue weighted by atomic mass is 9.93. The predicted octanol–water partition coefficient (Wildman–Crippen LogP) is 0.0192. The molecule has 47 heavy (non-hydrogen) atoms. The fourth-order valence-corrected chi connectivity index (χ4v) is 5.08. The van der Waals surface area contributed by atoms with Crippen LogP contribution in [0.4, 0.5) is 0 Å². The van der Waals surface area contributed by atoms with Crippen LogP contribution in [0.1, 0.15) is 48.5 Å². The summed E-state index contributed by atoms with van der Waals surface area (Å²) in [6.45, 7) is 5.76. The van der Waals surface area contributed by atoms with E-state index < -0.39 is 116 Å². The van der Waals surface area contributed by atoms with Gasteiger partial charge in [-0.15, -0.1) is 0 Å². The van der Waals surface area contributed by atoms with E-state index >= 15 is 0 Å². The summed E-state index contributed by atoms with van der Waals surface area (Å²) in [5.74, 6) is -8.76. The Bertz CT molecular complexity index is 1160. The molecule has 0 radical (unpaired) electrons. The van der Waals surface area contributed by atoms with E-state index in [9.17, 15) is 33.6 Å². The van der Waals surface area contributed by atoms with Crippen molar-refractivity contribution in [1.82, 2.24) is 0 Å². The van der Waals surface area contributed by atoms with Gasteiger partial charge in [-0.25, -0.2) is 0 Å². The molecule has 0 aromatic heterocycles. The first-order chi connectivity index (χ1) is 22.0. The highest BCUT2D eigenvalue weighted by Gasteiger charge is 2.64. The molecule has 0 amide bonds. The summed E-state index contributed by atoms with van der Waals surface area (Å²) >= 11 is 3.23. The quantitative estimate of drug-likeness (QED) is 0.0990. The molecule has 0 saturated carbocycles. The van der Waals surface area contributed by atoms with Crippen LogP contribution in [0.5, 0.6) is 0 Å². The van der Waals surface area contributed by atoms with Crippen LogP contribution >= 0.6 is 15.9 Å². The summed E-state index contributed by atoms with van der Waals surface area (Å²) in [6.07, 6.45) is -12.5. The van der Waals surface area contributed by atoms with Gasteiger partial charge in [0.25, 0.3) is 5.79 Å². The van der Waals surface area contributed by atoms with Crippen molar-refractivity contribution in [2.45, 2.75) is 103 Å². The minimum absolute atomic E-state index is 0.0228. The first-order valence-corrected chi connectivity index (χ1v) is 15.4. The van der Waals surface area contributed by atoms with E-state index in [1.165, 1.54) is 0 Å². The van der Waals surface area contributed by atoms with Gasteiger partial charge in [-0.3, -0.25) is 33.6 Å². The fourth-order valence-electron chi connectivity index (χ4n) is 4.89. The molecule has 0 N–H and O–H groups in total. The number of carbonyl (C=O) groups is 7. The molecule has 0 aromatic rings. The lowest BCUT2D eigenvalue weighted by molar-refractivity contribution is -0.418. The molecule has 2 fully saturated rings. The fraction of sp³-hybridized carbons (Fsp3) is 0.750. The summed E-state index contributed by atoms with van der Waals surface area (Å²) < 4.78 is 61.9. The first kappa shape index (κ1) is 39.8. The van der Waals surface area contributed by atoms with Gasteiger partial charge in [-0.2, -0.15) is 0 Å². The van der Waals surface area contributed by atoms with Gasteiger partial charge in [0.2, 0.25) is 12.4 Å². The molecule has 0 aromatic carbocycles. The van der Waals surface area contributed by atoms with E-state index in [1.807, 2.05) is 0 Å². The average Bonchev–Trinajstić information content (AvgIpc) is 2.93. The number of hydrogen-bond acceptors (Lipinski definition) is 18. The Kier molecular flexibility index (Phi) is 15.4. The maximum absolute atomic E-state index is 12.7. The molecule has 18 nitrogen and oxygen atoms in total. The molecule has 2 saturated heterocycles. The zero-order chi connectivity index (χ0) is 35.5. The number of alkyl halides is 1. The Morgan fingerprint density at radius 1 is 0.681 bits per heavy atom. The third kappa shape index (κ3) is 11.7. The van der Waals surface area contributed by atoms with Crippen molar-refractivity contribution in [1.29, 1.82) is 0 Å². The van der Waals surface area contributed by atoms with Gasteiger partial charge in [0.05, 0.1) is 13.2 Å². The summed E-state index contributed by atoms with van der Waals surface area (Å²) in [7, 11) is 0. The van der Waals surface area contributed by atoms with Crippen molar-refractivity contribution in [3.8, 4) is 0 Å². The molecule has 2 heterocycles. The SMILES string of the molecule is CC(=O)OC[C@H]1O[C@H](O[C@]2(OC(C)=O)[C@H](OC(C)=O)[C@@H](OC(C)=O)CO[C@@H]2COC(C)=O)[C@H](OC(C)=O)[C@@H](OC(C)=O)[C@H]1OCCBr. The van der Waals surface area contributed by atoms with Gasteiger partial charge in [0.15, 0.2) is 24.4 Å². The Morgan fingerprint density at radius 3 is 1.74 bits per heavy atom. The normalized spacial score (nSPS) is 30.2. The number of carbonyl (C=O) groups excluding carboxylic acids is 7. The number of halogens is 1. The van der Waals surface area contributed by atoms with Gasteiger partial charge in [-0.1, -0.05) is 15.9 Å². The third-order valence-corrected chi connectivity index (χ3v) is 6.65. The number of rotatable bonds is 14. The van der Waals surface area contributed by atoms with Crippen LogP contribution in [0.25, 0.3) is 0 Å². The zero-order valence-electron chi connectivity index (χ0n) is 26.9. The van der Waals surface area contributed by atoms with E-state index in [4.69, 9.17) is 52.1 Å². The minimum atomic E-state index is -2.66.